The van der Waals surface area contributed by atoms with E-state index in [1.165, 1.54) is 135 Å². The Kier molecular flexibility index (Phi) is 50.4. The smallest absolute Gasteiger partial charge is 0.306 e. The van der Waals surface area contributed by atoms with Gasteiger partial charge in [-0.15, -0.1) is 0 Å². The summed E-state index contributed by atoms with van der Waals surface area (Å²) in [7, 11) is 0. The van der Waals surface area contributed by atoms with Gasteiger partial charge in [0.2, 0.25) is 5.91 Å². The summed E-state index contributed by atoms with van der Waals surface area (Å²) in [4.78, 5) is 26.5. The van der Waals surface area contributed by atoms with E-state index >= 15 is 0 Å². The number of aliphatic hydroxyl groups excluding tert-OH is 5. The van der Waals surface area contributed by atoms with Crippen LogP contribution < -0.4 is 5.32 Å². The van der Waals surface area contributed by atoms with Crippen LogP contribution in [0, 0.1) is 0 Å². The fourth-order valence-corrected chi connectivity index (χ4v) is 9.35. The predicted octanol–water partition coefficient (Wildman–Crippen LogP) is 15.1. The van der Waals surface area contributed by atoms with Gasteiger partial charge in [-0.3, -0.25) is 9.59 Å². The largest absolute Gasteiger partial charge is 0.454 e. The van der Waals surface area contributed by atoms with Crippen molar-refractivity contribution in [1.82, 2.24) is 5.32 Å². The van der Waals surface area contributed by atoms with Crippen molar-refractivity contribution in [2.45, 2.75) is 301 Å². The highest BCUT2D eigenvalue weighted by Crippen LogP contribution is 2.26. The second-order valence-electron chi connectivity index (χ2n) is 21.5. The minimum atomic E-state index is -1.63. The molecule has 0 aromatic heterocycles. The number of hydrogen-bond acceptors (Lipinski definition) is 10. The molecule has 1 amide bonds. The van der Waals surface area contributed by atoms with Crippen LogP contribution in [0.4, 0.5) is 0 Å². The predicted molar refractivity (Wildman–Crippen MR) is 324 cm³/mol. The number of carbonyl (C=O) groups excluding carboxylic acids is 2. The lowest BCUT2D eigenvalue weighted by Crippen LogP contribution is -2.61. The molecule has 0 bridgehead atoms. The Morgan fingerprint density at radius 2 is 0.974 bits per heavy atom. The topological polar surface area (TPSA) is 175 Å². The van der Waals surface area contributed by atoms with Gasteiger partial charge in [0.15, 0.2) is 12.4 Å². The zero-order valence-electron chi connectivity index (χ0n) is 49.5. The molecule has 0 aromatic carbocycles. The zero-order valence-corrected chi connectivity index (χ0v) is 49.5. The van der Waals surface area contributed by atoms with Gasteiger partial charge in [-0.2, -0.15) is 0 Å². The number of carbonyl (C=O) groups is 2. The van der Waals surface area contributed by atoms with Crippen LogP contribution in [0.5, 0.6) is 0 Å². The standard InChI is InChI=1S/C67H115NO10/c1-4-7-10-13-16-19-22-25-27-28-29-30-31-32-33-34-35-37-40-43-46-49-52-55-62(72)78-65-64(74)63(73)61(56-69)77-67(65)76-57-58(59(70)53-50-47-44-41-38-24-21-18-15-12-9-6-3)68-66(75)60(71)54-51-48-45-42-39-36-26-23-20-17-14-11-8-5-2/h8,11,14,16-17,19-20,23,25-27,36,39,42,50,53,58-61,63-65,67,69-71,73-74H,4-7,9-10,12-13,15,18,21-22,24,28-35,37-38,40-41,43-49,51-52,54-57H2,1-3H3,(H,68,75)/b11-8+,17-14+,19-16-,23-20-,27-25-,36-26-,42-39+,53-50+. The second kappa shape index (κ2) is 54.2. The van der Waals surface area contributed by atoms with Gasteiger partial charge in [0.25, 0.3) is 0 Å². The van der Waals surface area contributed by atoms with E-state index in [9.17, 15) is 35.1 Å². The maximum absolute atomic E-state index is 13.4. The first-order valence-electron chi connectivity index (χ1n) is 31.6. The highest BCUT2D eigenvalue weighted by molar-refractivity contribution is 5.80. The van der Waals surface area contributed by atoms with Crippen LogP contribution in [0.25, 0.3) is 0 Å². The van der Waals surface area contributed by atoms with E-state index in [1.807, 2.05) is 60.8 Å². The Labute approximate surface area is 475 Å². The second-order valence-corrected chi connectivity index (χ2v) is 21.5. The molecule has 6 N–H and O–H groups in total. The quantitative estimate of drug-likeness (QED) is 0.0149. The van der Waals surface area contributed by atoms with Crippen LogP contribution in [0.1, 0.15) is 252 Å². The number of nitrogens with one attached hydrogen (secondary N) is 1. The number of unbranched alkanes of at least 4 members (excludes halogenated alkanes) is 28. The Bertz CT molecular complexity index is 1630. The van der Waals surface area contributed by atoms with Crippen LogP contribution in [0.2, 0.25) is 0 Å². The lowest BCUT2D eigenvalue weighted by Gasteiger charge is -2.41. The summed E-state index contributed by atoms with van der Waals surface area (Å²) in [6.07, 6.45) is 61.7. The fourth-order valence-electron chi connectivity index (χ4n) is 9.35. The average molecular weight is 1090 g/mol. The summed E-state index contributed by atoms with van der Waals surface area (Å²) in [6, 6.07) is -1.05. The number of ether oxygens (including phenoxy) is 3. The first-order valence-corrected chi connectivity index (χ1v) is 31.6. The zero-order chi connectivity index (χ0) is 56.8. The lowest BCUT2D eigenvalue weighted by molar-refractivity contribution is -0.305. The molecule has 8 unspecified atom stereocenters. The molecular weight excluding hydrogens is 979 g/mol. The number of aliphatic hydroxyl groups is 5. The molecule has 1 aliphatic heterocycles. The van der Waals surface area contributed by atoms with Crippen molar-refractivity contribution in [3.63, 3.8) is 0 Å². The summed E-state index contributed by atoms with van der Waals surface area (Å²) < 4.78 is 17.6. The molecule has 1 heterocycles. The number of amides is 1. The van der Waals surface area contributed by atoms with E-state index < -0.39 is 67.4 Å². The van der Waals surface area contributed by atoms with Crippen LogP contribution in [0.3, 0.4) is 0 Å². The van der Waals surface area contributed by atoms with E-state index in [0.717, 1.165) is 70.6 Å². The first kappa shape index (κ1) is 72.6. The van der Waals surface area contributed by atoms with Gasteiger partial charge in [0, 0.05) is 6.42 Å². The summed E-state index contributed by atoms with van der Waals surface area (Å²) in [5.74, 6) is -1.24. The van der Waals surface area contributed by atoms with E-state index in [0.29, 0.717) is 12.8 Å². The van der Waals surface area contributed by atoms with Gasteiger partial charge in [-0.05, 0) is 77.0 Å². The SMILES string of the molecule is CC/C=C/C=C/C=C\C=C/C=C/CCCCC(O)C(=O)NC(COC1OC(CO)C(O)C(O)C1OC(=O)CCCCCCCCCCCCCCC/C=C\C/C=C\CCCCC)C(O)/C=C/CCCCCCCCCCCC. The Balaban J connectivity index is 2.65. The minimum Gasteiger partial charge on any atom is -0.454 e. The molecule has 11 heteroatoms. The molecule has 0 aliphatic carbocycles. The number of rotatable bonds is 52. The summed E-state index contributed by atoms with van der Waals surface area (Å²) in [5, 5.41) is 56.9. The number of esters is 1. The van der Waals surface area contributed by atoms with Crippen LogP contribution in [0.15, 0.2) is 97.2 Å². The van der Waals surface area contributed by atoms with Crippen LogP contribution >= 0.6 is 0 Å². The third-order valence-electron chi connectivity index (χ3n) is 14.3. The van der Waals surface area contributed by atoms with Gasteiger partial charge in [0.1, 0.15) is 24.4 Å². The molecule has 11 nitrogen and oxygen atoms in total. The van der Waals surface area contributed by atoms with Crippen LogP contribution in [-0.4, -0.2) is 99.6 Å². The van der Waals surface area contributed by atoms with Crippen molar-refractivity contribution >= 4 is 11.9 Å². The molecular formula is C67H115NO10. The Morgan fingerprint density at radius 3 is 1.51 bits per heavy atom. The average Bonchev–Trinajstić information content (AvgIpc) is 3.45. The molecule has 1 saturated heterocycles. The third-order valence-corrected chi connectivity index (χ3v) is 14.3. The Morgan fingerprint density at radius 1 is 0.526 bits per heavy atom. The van der Waals surface area contributed by atoms with E-state index in [-0.39, 0.29) is 19.4 Å². The van der Waals surface area contributed by atoms with Crippen molar-refractivity contribution in [3.05, 3.63) is 97.2 Å². The summed E-state index contributed by atoms with van der Waals surface area (Å²) in [5.41, 5.74) is 0. The number of hydrogen-bond donors (Lipinski definition) is 6. The van der Waals surface area contributed by atoms with Crippen LogP contribution in [-0.2, 0) is 23.8 Å². The molecule has 0 aromatic rings. The molecule has 0 spiro atoms. The van der Waals surface area contributed by atoms with Crippen molar-refractivity contribution in [3.8, 4) is 0 Å². The molecule has 0 saturated carbocycles. The van der Waals surface area contributed by atoms with Crippen molar-refractivity contribution < 1.29 is 49.3 Å². The van der Waals surface area contributed by atoms with Gasteiger partial charge in [-0.25, -0.2) is 0 Å². The van der Waals surface area contributed by atoms with Gasteiger partial charge >= 0.3 is 5.97 Å². The first-order chi connectivity index (χ1) is 38.2. The molecule has 8 atom stereocenters. The monoisotopic (exact) mass is 1090 g/mol. The maximum Gasteiger partial charge on any atom is 0.306 e. The van der Waals surface area contributed by atoms with E-state index in [2.05, 4.69) is 56.5 Å². The molecule has 0 radical (unpaired) electrons. The molecule has 78 heavy (non-hydrogen) atoms. The highest BCUT2D eigenvalue weighted by atomic mass is 16.7. The lowest BCUT2D eigenvalue weighted by atomic mass is 9.99. The van der Waals surface area contributed by atoms with E-state index in [4.69, 9.17) is 14.2 Å². The summed E-state index contributed by atoms with van der Waals surface area (Å²) in [6.45, 7) is 5.59. The van der Waals surface area contributed by atoms with Gasteiger partial charge in [0.05, 0.1) is 25.4 Å². The van der Waals surface area contributed by atoms with Gasteiger partial charge in [-0.1, -0.05) is 266 Å². The third kappa shape index (κ3) is 41.6. The maximum atomic E-state index is 13.4. The number of allylic oxidation sites excluding steroid dienone is 15. The molecule has 1 rings (SSSR count). The minimum absolute atomic E-state index is 0.113. The molecule has 448 valence electrons. The van der Waals surface area contributed by atoms with Crippen molar-refractivity contribution in [2.75, 3.05) is 13.2 Å². The summed E-state index contributed by atoms with van der Waals surface area (Å²) >= 11 is 0. The fraction of sp³-hybridized carbons (Fsp3) is 0.731. The van der Waals surface area contributed by atoms with Gasteiger partial charge < -0.3 is 45.1 Å². The molecule has 1 aliphatic rings. The Hall–Kier alpha value is -3.42. The van der Waals surface area contributed by atoms with Crippen molar-refractivity contribution in [1.29, 1.82) is 0 Å². The molecule has 1 fully saturated rings. The normalized spacial score (nSPS) is 19.6. The van der Waals surface area contributed by atoms with E-state index in [1.54, 1.807) is 6.08 Å². The highest BCUT2D eigenvalue weighted by Gasteiger charge is 2.47. The van der Waals surface area contributed by atoms with Crippen molar-refractivity contribution in [2.24, 2.45) is 0 Å².